The average Bonchev–Trinajstić information content (AvgIpc) is 3.39. The molecule has 2 N–H and O–H groups in total. The largest absolute Gasteiger partial charge is 0.314 e. The third-order valence-electron chi connectivity index (χ3n) is 6.61. The molecule has 0 spiro atoms. The summed E-state index contributed by atoms with van der Waals surface area (Å²) in [6, 6.07) is 5.17. The van der Waals surface area contributed by atoms with E-state index in [9.17, 15) is 13.2 Å². The lowest BCUT2D eigenvalue weighted by molar-refractivity contribution is 0.360. The zero-order chi connectivity index (χ0) is 23.7. The van der Waals surface area contributed by atoms with Crippen molar-refractivity contribution in [3.63, 3.8) is 0 Å². The van der Waals surface area contributed by atoms with E-state index < -0.39 is 10.0 Å². The maximum Gasteiger partial charge on any atom is 0.255 e. The molecule has 2 fully saturated rings. The second-order valence-corrected chi connectivity index (χ2v) is 10.7. The number of aromatic nitrogens is 4. The van der Waals surface area contributed by atoms with Gasteiger partial charge in [0.05, 0.1) is 0 Å². The quantitative estimate of drug-likeness (QED) is 0.547. The molecular formula is C23H29N7O3S. The predicted octanol–water partition coefficient (Wildman–Crippen LogP) is 2.20. The summed E-state index contributed by atoms with van der Waals surface area (Å²) in [4.78, 5) is 26.6. The van der Waals surface area contributed by atoms with Crippen molar-refractivity contribution in [1.82, 2.24) is 29.1 Å². The van der Waals surface area contributed by atoms with Gasteiger partial charge in [-0.25, -0.2) is 18.4 Å². The molecule has 0 radical (unpaired) electrons. The maximum atomic E-state index is 13.1. The molecule has 10 nitrogen and oxygen atoms in total. The Kier molecular flexibility index (Phi) is 6.32. The van der Waals surface area contributed by atoms with Crippen LogP contribution in [-0.4, -0.2) is 58.4 Å². The number of fused-ring (bicyclic) bond motifs is 1. The Bertz CT molecular complexity index is 1340. The van der Waals surface area contributed by atoms with Gasteiger partial charge in [0.1, 0.15) is 16.4 Å². The van der Waals surface area contributed by atoms with Crippen molar-refractivity contribution < 1.29 is 8.42 Å². The Hall–Kier alpha value is -2.89. The number of hydrogen-bond donors (Lipinski definition) is 2. The lowest BCUT2D eigenvalue weighted by Gasteiger charge is -2.26. The Balaban J connectivity index is 1.44. The number of aryl methyl sites for hydroxylation is 1. The van der Waals surface area contributed by atoms with Crippen LogP contribution in [0.3, 0.4) is 0 Å². The van der Waals surface area contributed by atoms with Gasteiger partial charge in [-0.05, 0) is 37.5 Å². The van der Waals surface area contributed by atoms with Gasteiger partial charge in [0.2, 0.25) is 16.0 Å². The molecule has 1 aliphatic heterocycles. The summed E-state index contributed by atoms with van der Waals surface area (Å²) in [5, 5.41) is 7.04. The number of sulfonamides is 1. The van der Waals surface area contributed by atoms with Gasteiger partial charge in [-0.1, -0.05) is 19.8 Å². The van der Waals surface area contributed by atoms with Crippen molar-refractivity contribution in [3.05, 3.63) is 46.5 Å². The molecule has 1 saturated carbocycles. The van der Waals surface area contributed by atoms with E-state index in [0.717, 1.165) is 36.6 Å². The van der Waals surface area contributed by atoms with Crippen LogP contribution in [0.25, 0.3) is 11.0 Å². The van der Waals surface area contributed by atoms with E-state index in [2.05, 4.69) is 25.6 Å². The summed E-state index contributed by atoms with van der Waals surface area (Å²) >= 11 is 0. The fourth-order valence-corrected chi connectivity index (χ4v) is 6.13. The molecular weight excluding hydrogens is 454 g/mol. The predicted molar refractivity (Wildman–Crippen MR) is 130 cm³/mol. The molecule has 34 heavy (non-hydrogen) atoms. The first-order chi connectivity index (χ1) is 16.5. The maximum absolute atomic E-state index is 13.1. The van der Waals surface area contributed by atoms with E-state index in [1.165, 1.54) is 16.6 Å². The van der Waals surface area contributed by atoms with Crippen molar-refractivity contribution in [1.29, 1.82) is 0 Å². The minimum Gasteiger partial charge on any atom is -0.314 e. The molecule has 0 bridgehead atoms. The molecule has 0 amide bonds. The van der Waals surface area contributed by atoms with E-state index in [-0.39, 0.29) is 16.5 Å². The van der Waals surface area contributed by atoms with Gasteiger partial charge in [-0.3, -0.25) is 9.36 Å². The molecule has 0 unspecified atom stereocenters. The second kappa shape index (κ2) is 9.40. The lowest BCUT2D eigenvalue weighted by Crippen LogP contribution is -2.46. The Morgan fingerprint density at radius 3 is 2.56 bits per heavy atom. The summed E-state index contributed by atoms with van der Waals surface area (Å²) in [5.74, 6) is 0.742. The molecule has 3 aromatic heterocycles. The minimum absolute atomic E-state index is 0.0205. The number of pyridine rings is 2. The molecule has 11 heteroatoms. The van der Waals surface area contributed by atoms with Gasteiger partial charge in [0, 0.05) is 55.6 Å². The molecule has 4 heterocycles. The van der Waals surface area contributed by atoms with Crippen molar-refractivity contribution in [2.45, 2.75) is 50.0 Å². The monoisotopic (exact) mass is 483 g/mol. The molecule has 0 aromatic carbocycles. The van der Waals surface area contributed by atoms with E-state index >= 15 is 0 Å². The van der Waals surface area contributed by atoms with Gasteiger partial charge in [0.25, 0.3) is 5.56 Å². The Morgan fingerprint density at radius 2 is 1.88 bits per heavy atom. The van der Waals surface area contributed by atoms with Gasteiger partial charge < -0.3 is 10.6 Å². The number of rotatable bonds is 6. The zero-order valence-corrected chi connectivity index (χ0v) is 20.0. The summed E-state index contributed by atoms with van der Waals surface area (Å²) in [6.07, 6.45) is 7.89. The molecule has 1 aliphatic carbocycles. The van der Waals surface area contributed by atoms with Gasteiger partial charge >= 0.3 is 0 Å². The van der Waals surface area contributed by atoms with Crippen molar-refractivity contribution in [2.75, 3.05) is 31.5 Å². The molecule has 2 aliphatic rings. The number of anilines is 2. The number of piperazine rings is 1. The van der Waals surface area contributed by atoms with E-state index in [0.29, 0.717) is 50.0 Å². The first-order valence-corrected chi connectivity index (χ1v) is 13.3. The van der Waals surface area contributed by atoms with Crippen molar-refractivity contribution in [2.24, 2.45) is 0 Å². The van der Waals surface area contributed by atoms with Crippen LogP contribution >= 0.6 is 0 Å². The smallest absolute Gasteiger partial charge is 0.255 e. The van der Waals surface area contributed by atoms with Crippen LogP contribution in [0.15, 0.2) is 40.3 Å². The number of nitrogens with zero attached hydrogens (tertiary/aromatic N) is 5. The lowest BCUT2D eigenvalue weighted by atomic mass is 10.1. The minimum atomic E-state index is -3.57. The first-order valence-electron chi connectivity index (χ1n) is 11.8. The van der Waals surface area contributed by atoms with Crippen LogP contribution in [0.4, 0.5) is 11.8 Å². The molecule has 1 saturated heterocycles. The standard InChI is InChI=1S/C23H29N7O3S/c1-2-16-13-17-14-26-23(28-21(17)30(22(16)31)18-5-3-4-6-18)27-20-8-7-19(15-25-20)34(32,33)29-11-9-24-10-12-29/h7-8,13-15,18,24H,2-6,9-12H2,1H3,(H,25,26,27,28). The van der Waals surface area contributed by atoms with Crippen LogP contribution in [0, 0.1) is 0 Å². The van der Waals surface area contributed by atoms with Gasteiger partial charge in [-0.2, -0.15) is 9.29 Å². The third-order valence-corrected chi connectivity index (χ3v) is 8.49. The average molecular weight is 484 g/mol. The summed E-state index contributed by atoms with van der Waals surface area (Å²) < 4.78 is 29.0. The molecule has 0 atom stereocenters. The topological polar surface area (TPSA) is 122 Å². The van der Waals surface area contributed by atoms with E-state index in [4.69, 9.17) is 0 Å². The fourth-order valence-electron chi connectivity index (χ4n) is 4.75. The molecule has 5 rings (SSSR count). The van der Waals surface area contributed by atoms with E-state index in [1.54, 1.807) is 12.3 Å². The van der Waals surface area contributed by atoms with Gasteiger partial charge in [0.15, 0.2) is 0 Å². The Morgan fingerprint density at radius 1 is 1.12 bits per heavy atom. The Labute approximate surface area is 198 Å². The summed E-state index contributed by atoms with van der Waals surface area (Å²) in [5.41, 5.74) is 1.41. The molecule has 180 valence electrons. The summed E-state index contributed by atoms with van der Waals surface area (Å²) in [6.45, 7) is 4.13. The first kappa shape index (κ1) is 22.9. The highest BCUT2D eigenvalue weighted by Gasteiger charge is 2.26. The van der Waals surface area contributed by atoms with Crippen LogP contribution in [-0.2, 0) is 16.4 Å². The fraction of sp³-hybridized carbons (Fsp3) is 0.478. The molecule has 3 aromatic rings. The SMILES string of the molecule is CCc1cc2cnc(Nc3ccc(S(=O)(=O)N4CCNCC4)cn3)nc2n(C2CCCC2)c1=O. The van der Waals surface area contributed by atoms with Crippen LogP contribution in [0.1, 0.15) is 44.2 Å². The highest BCUT2D eigenvalue weighted by Crippen LogP contribution is 2.31. The van der Waals surface area contributed by atoms with Crippen LogP contribution in [0.2, 0.25) is 0 Å². The van der Waals surface area contributed by atoms with E-state index in [1.807, 2.05) is 17.6 Å². The highest BCUT2D eigenvalue weighted by atomic mass is 32.2. The third kappa shape index (κ3) is 4.30. The van der Waals surface area contributed by atoms with Gasteiger partial charge in [-0.15, -0.1) is 0 Å². The van der Waals surface area contributed by atoms with Crippen LogP contribution in [0.5, 0.6) is 0 Å². The number of hydrogen-bond acceptors (Lipinski definition) is 8. The van der Waals surface area contributed by atoms with Crippen molar-refractivity contribution in [3.8, 4) is 0 Å². The van der Waals surface area contributed by atoms with Crippen molar-refractivity contribution >= 4 is 32.8 Å². The second-order valence-electron chi connectivity index (χ2n) is 8.77. The summed E-state index contributed by atoms with van der Waals surface area (Å²) in [7, 11) is -3.57. The van der Waals surface area contributed by atoms with Crippen LogP contribution < -0.4 is 16.2 Å². The zero-order valence-electron chi connectivity index (χ0n) is 19.2. The normalized spacial score (nSPS) is 17.9. The number of nitrogens with one attached hydrogen (secondary N) is 2. The highest BCUT2D eigenvalue weighted by molar-refractivity contribution is 7.89.